The van der Waals surface area contributed by atoms with Gasteiger partial charge in [0.05, 0.1) is 17.7 Å². The molecule has 1 aliphatic rings. The van der Waals surface area contributed by atoms with E-state index in [-0.39, 0.29) is 24.4 Å². The number of carbonyl (C=O) groups excluding carboxylic acids is 2. The van der Waals surface area contributed by atoms with Crippen LogP contribution in [0.1, 0.15) is 31.9 Å². The molecule has 3 unspecified atom stereocenters. The van der Waals surface area contributed by atoms with Crippen molar-refractivity contribution >= 4 is 28.1 Å². The molecule has 14 heteroatoms. The smallest absolute Gasteiger partial charge is 0.310 e. The van der Waals surface area contributed by atoms with E-state index in [0.29, 0.717) is 17.7 Å². The fourth-order valence-electron chi connectivity index (χ4n) is 3.66. The fraction of sp³-hybridized carbons (Fsp3) is 0.480. The number of benzene rings is 1. The highest BCUT2D eigenvalue weighted by Crippen LogP contribution is 3.02. The number of ether oxygens (including phenoxy) is 2. The SMILES string of the molecule is COC(C)(C)CNC(=O)C(c1cccnc1)N(C)c1ccc(S(F)(F)(F)(F)F)cc1.COC1CNC(C=O)C1. The number of rotatable bonds is 10. The fourth-order valence-corrected chi connectivity index (χ4v) is 4.31. The maximum Gasteiger partial charge on any atom is 0.310 e. The molecule has 220 valence electrons. The van der Waals surface area contributed by atoms with Crippen LogP contribution in [0, 0.1) is 0 Å². The lowest BCUT2D eigenvalue weighted by Gasteiger charge is -2.40. The van der Waals surface area contributed by atoms with Crippen LogP contribution in [-0.2, 0) is 19.1 Å². The molecular formula is C25H35F5N4O4S. The number of nitrogens with one attached hydrogen (secondary N) is 2. The van der Waals surface area contributed by atoms with Gasteiger partial charge in [0, 0.05) is 58.0 Å². The average molecular weight is 583 g/mol. The minimum Gasteiger partial charge on any atom is -0.380 e. The molecule has 1 saturated heterocycles. The summed E-state index contributed by atoms with van der Waals surface area (Å²) in [6, 6.07) is 4.76. The Balaban J connectivity index is 0.000000499. The van der Waals surface area contributed by atoms with Crippen molar-refractivity contribution in [3.63, 3.8) is 0 Å². The lowest BCUT2D eigenvalue weighted by atomic mass is 10.0. The maximum absolute atomic E-state index is 13.0. The van der Waals surface area contributed by atoms with Gasteiger partial charge in [-0.2, -0.15) is 0 Å². The van der Waals surface area contributed by atoms with Crippen molar-refractivity contribution in [2.45, 2.75) is 49.0 Å². The third-order valence-corrected chi connectivity index (χ3v) is 7.35. The van der Waals surface area contributed by atoms with Crippen molar-refractivity contribution in [3.8, 4) is 0 Å². The van der Waals surface area contributed by atoms with E-state index in [1.807, 2.05) is 0 Å². The molecule has 1 aromatic carbocycles. The average Bonchev–Trinajstić information content (AvgIpc) is 3.36. The monoisotopic (exact) mass is 582 g/mol. The molecule has 8 nitrogen and oxygen atoms in total. The van der Waals surface area contributed by atoms with Crippen LogP contribution in [0.25, 0.3) is 0 Å². The number of methoxy groups -OCH3 is 2. The molecule has 1 amide bonds. The van der Waals surface area contributed by atoms with Crippen LogP contribution in [0.2, 0.25) is 0 Å². The van der Waals surface area contributed by atoms with E-state index in [1.54, 1.807) is 33.1 Å². The quantitative estimate of drug-likeness (QED) is 0.300. The van der Waals surface area contributed by atoms with Gasteiger partial charge in [-0.3, -0.25) is 9.78 Å². The summed E-state index contributed by atoms with van der Waals surface area (Å²) in [6.07, 6.45) is 4.94. The van der Waals surface area contributed by atoms with Crippen LogP contribution in [0.4, 0.5) is 25.1 Å². The summed E-state index contributed by atoms with van der Waals surface area (Å²) >= 11 is 0. The van der Waals surface area contributed by atoms with E-state index >= 15 is 0 Å². The third-order valence-electron chi connectivity index (χ3n) is 6.19. The van der Waals surface area contributed by atoms with Crippen LogP contribution >= 0.6 is 10.2 Å². The molecule has 0 aliphatic carbocycles. The minimum atomic E-state index is -9.78. The van der Waals surface area contributed by atoms with Crippen LogP contribution in [0.3, 0.4) is 0 Å². The number of likely N-dealkylation sites (N-methyl/N-ethyl adjacent to an activating group) is 1. The number of hydrogen-bond donors (Lipinski definition) is 2. The number of aldehydes is 1. The molecule has 39 heavy (non-hydrogen) atoms. The summed E-state index contributed by atoms with van der Waals surface area (Å²) in [7, 11) is -5.13. The maximum atomic E-state index is 13.0. The molecule has 2 aromatic rings. The van der Waals surface area contributed by atoms with Gasteiger partial charge in [0.2, 0.25) is 5.91 Å². The van der Waals surface area contributed by atoms with Crippen molar-refractivity contribution in [1.29, 1.82) is 0 Å². The van der Waals surface area contributed by atoms with E-state index in [0.717, 1.165) is 31.4 Å². The Bertz CT molecular complexity index is 1110. The van der Waals surface area contributed by atoms with Gasteiger partial charge in [0.15, 0.2) is 0 Å². The molecular weight excluding hydrogens is 547 g/mol. The molecule has 0 radical (unpaired) electrons. The zero-order chi connectivity index (χ0) is 29.5. The van der Waals surface area contributed by atoms with E-state index in [2.05, 4.69) is 15.6 Å². The van der Waals surface area contributed by atoms with Gasteiger partial charge in [-0.15, -0.1) is 0 Å². The van der Waals surface area contributed by atoms with Gasteiger partial charge in [0.25, 0.3) is 0 Å². The predicted molar refractivity (Wildman–Crippen MR) is 141 cm³/mol. The first-order chi connectivity index (χ1) is 17.9. The third kappa shape index (κ3) is 9.71. The second kappa shape index (κ2) is 11.7. The van der Waals surface area contributed by atoms with Crippen molar-refractivity contribution in [2.75, 3.05) is 39.3 Å². The normalized spacial score (nSPS) is 20.1. The van der Waals surface area contributed by atoms with Gasteiger partial charge in [-0.1, -0.05) is 25.5 Å². The van der Waals surface area contributed by atoms with Gasteiger partial charge in [-0.25, -0.2) is 0 Å². The van der Waals surface area contributed by atoms with E-state index in [4.69, 9.17) is 9.47 Å². The summed E-state index contributed by atoms with van der Waals surface area (Å²) in [4.78, 5) is 26.4. The number of amides is 1. The van der Waals surface area contributed by atoms with Crippen LogP contribution in [-0.4, -0.2) is 69.3 Å². The standard InChI is InChI=1S/C19H24F5N3O2S.C6H11NO2/c1-19(2,29-4)13-26-18(28)17(14-6-5-11-25-12-14)27(3)15-7-9-16(10-8-15)30(20,21,22,23)24;1-9-6-2-5(4-8)7-3-6/h5-12,17H,13H2,1-4H3,(H,26,28);4-7H,2-3H2,1H3. The van der Waals surface area contributed by atoms with Gasteiger partial charge in [-0.05, 0) is 50.6 Å². The summed E-state index contributed by atoms with van der Waals surface area (Å²) in [6.45, 7) is 4.53. The zero-order valence-corrected chi connectivity index (χ0v) is 23.2. The first kappa shape index (κ1) is 32.4. The highest BCUT2D eigenvalue weighted by atomic mass is 32.5. The molecule has 1 aliphatic heterocycles. The number of halogens is 5. The number of nitrogens with zero attached hydrogens (tertiary/aromatic N) is 2. The first-order valence-corrected chi connectivity index (χ1v) is 13.9. The first-order valence-electron chi connectivity index (χ1n) is 11.9. The van der Waals surface area contributed by atoms with Crippen molar-refractivity contribution in [2.24, 2.45) is 0 Å². The summed E-state index contributed by atoms with van der Waals surface area (Å²) in [5, 5.41) is 5.76. The van der Waals surface area contributed by atoms with Crippen LogP contribution < -0.4 is 15.5 Å². The molecule has 3 atom stereocenters. The predicted octanol–water partition coefficient (Wildman–Crippen LogP) is 5.02. The van der Waals surface area contributed by atoms with Crippen molar-refractivity contribution in [1.82, 2.24) is 15.6 Å². The molecule has 0 spiro atoms. The Labute approximate surface area is 225 Å². The Morgan fingerprint density at radius 1 is 1.21 bits per heavy atom. The number of anilines is 1. The second-order valence-corrected chi connectivity index (χ2v) is 12.1. The highest BCUT2D eigenvalue weighted by Gasteiger charge is 2.65. The van der Waals surface area contributed by atoms with Gasteiger partial charge >= 0.3 is 10.2 Å². The van der Waals surface area contributed by atoms with Crippen LogP contribution in [0.5, 0.6) is 0 Å². The molecule has 0 bridgehead atoms. The van der Waals surface area contributed by atoms with Crippen molar-refractivity contribution in [3.05, 3.63) is 54.4 Å². The molecule has 1 fully saturated rings. The topological polar surface area (TPSA) is 92.8 Å². The zero-order valence-electron chi connectivity index (χ0n) is 22.4. The Morgan fingerprint density at radius 2 is 1.85 bits per heavy atom. The van der Waals surface area contributed by atoms with Gasteiger partial charge < -0.3 is 29.8 Å². The summed E-state index contributed by atoms with van der Waals surface area (Å²) < 4.78 is 75.2. The Hall–Kier alpha value is -2.81. The number of pyridine rings is 1. The number of hydrogen-bond acceptors (Lipinski definition) is 7. The van der Waals surface area contributed by atoms with Crippen LogP contribution in [0.15, 0.2) is 53.7 Å². The highest BCUT2D eigenvalue weighted by molar-refractivity contribution is 8.45. The second-order valence-electron chi connectivity index (χ2n) is 9.69. The van der Waals surface area contributed by atoms with E-state index < -0.39 is 32.7 Å². The molecule has 2 heterocycles. The van der Waals surface area contributed by atoms with E-state index in [1.165, 1.54) is 31.5 Å². The van der Waals surface area contributed by atoms with Gasteiger partial charge in [0.1, 0.15) is 17.2 Å². The number of carbonyl (C=O) groups is 2. The molecule has 2 N–H and O–H groups in total. The Kier molecular flexibility index (Phi) is 9.76. The summed E-state index contributed by atoms with van der Waals surface area (Å²) in [5.74, 6) is -0.451. The number of aromatic nitrogens is 1. The summed E-state index contributed by atoms with van der Waals surface area (Å²) in [5.41, 5.74) is -0.0169. The minimum absolute atomic E-state index is 0.0231. The lowest BCUT2D eigenvalue weighted by molar-refractivity contribution is -0.123. The lowest BCUT2D eigenvalue weighted by Crippen LogP contribution is -2.45. The molecule has 1 aromatic heterocycles. The van der Waals surface area contributed by atoms with E-state index in [9.17, 15) is 29.0 Å². The molecule has 0 saturated carbocycles. The Morgan fingerprint density at radius 3 is 2.28 bits per heavy atom. The molecule has 3 rings (SSSR count). The van der Waals surface area contributed by atoms with Crippen molar-refractivity contribution < 1.29 is 38.5 Å². The largest absolute Gasteiger partial charge is 0.380 e.